The van der Waals surface area contributed by atoms with Crippen LogP contribution >= 0.6 is 0 Å². The molecular weight excluding hydrogens is 443 g/mol. The third-order valence-corrected chi connectivity index (χ3v) is 2.65. The van der Waals surface area contributed by atoms with Crippen LogP contribution < -0.4 is 0 Å². The van der Waals surface area contributed by atoms with Crippen molar-refractivity contribution in [1.82, 2.24) is 0 Å². The molecule has 0 aromatic carbocycles. The number of hydrogen-bond acceptors (Lipinski definition) is 2. The summed E-state index contributed by atoms with van der Waals surface area (Å²) < 4.78 is 0. The van der Waals surface area contributed by atoms with Crippen LogP contribution in [0.4, 0.5) is 0 Å². The van der Waals surface area contributed by atoms with Crippen molar-refractivity contribution in [3.63, 3.8) is 0 Å². The van der Waals surface area contributed by atoms with Gasteiger partial charge >= 0.3 is 36.5 Å². The molecule has 0 aromatic rings. The largest absolute Gasteiger partial charge is 2.00 e. The fourth-order valence-corrected chi connectivity index (χ4v) is 1.54. The summed E-state index contributed by atoms with van der Waals surface area (Å²) in [6.07, 6.45) is 35.2. The Bertz CT molecular complexity index is 187. The van der Waals surface area contributed by atoms with Gasteiger partial charge in [-0.15, -0.1) is 0 Å². The number of hydrogen-bond donors (Lipinski definition) is 0. The van der Waals surface area contributed by atoms with Gasteiger partial charge in [-0.2, -0.15) is 0 Å². The summed E-state index contributed by atoms with van der Waals surface area (Å²) in [5.74, 6) is 0. The summed E-state index contributed by atoms with van der Waals surface area (Å²) >= 11 is 0. The number of rotatable bonds is 2. The first-order valence-electron chi connectivity index (χ1n) is 7.92. The van der Waals surface area contributed by atoms with Crippen molar-refractivity contribution in [1.29, 1.82) is 0 Å². The zero-order chi connectivity index (χ0) is 16.8. The van der Waals surface area contributed by atoms with E-state index in [-0.39, 0.29) is 43.0 Å². The molecule has 3 fully saturated rings. The van der Waals surface area contributed by atoms with Crippen LogP contribution in [-0.2, 0) is 46.1 Å². The van der Waals surface area contributed by atoms with Crippen molar-refractivity contribution < 1.29 is 46.1 Å². The molecule has 3 saturated carbocycles. The summed E-state index contributed by atoms with van der Waals surface area (Å²) in [6, 6.07) is 0. The molecule has 4 heteroatoms. The van der Waals surface area contributed by atoms with Gasteiger partial charge in [-0.25, -0.2) is 0 Å². The third-order valence-electron chi connectivity index (χ3n) is 2.65. The molecule has 0 atom stereocenters. The molecule has 0 spiro atoms. The van der Waals surface area contributed by atoms with Crippen LogP contribution in [0.3, 0.4) is 0 Å². The van der Waals surface area contributed by atoms with E-state index in [1.807, 2.05) is 64.2 Å². The van der Waals surface area contributed by atoms with Gasteiger partial charge in [0.1, 0.15) is 12.6 Å². The van der Waals surface area contributed by atoms with Crippen molar-refractivity contribution in [3.8, 4) is 0 Å². The first-order valence-corrected chi connectivity index (χ1v) is 7.92. The molecule has 15 radical (unpaired) electrons. The van der Waals surface area contributed by atoms with Gasteiger partial charge in [0.15, 0.2) is 0 Å². The van der Waals surface area contributed by atoms with Gasteiger partial charge in [-0.05, 0) is 109 Å². The second-order valence-corrected chi connectivity index (χ2v) is 4.60. The molecule has 0 heterocycles. The minimum absolute atomic E-state index is 0. The van der Waals surface area contributed by atoms with Crippen molar-refractivity contribution in [2.75, 3.05) is 0 Å². The van der Waals surface area contributed by atoms with Crippen molar-refractivity contribution >= 4 is 12.6 Å². The maximum absolute atomic E-state index is 9.17. The molecule has 0 amide bonds. The molecule has 0 saturated heterocycles. The molecule has 0 aromatic heterocycles. The van der Waals surface area contributed by atoms with Crippen LogP contribution in [0.5, 0.6) is 0 Å². The molecule has 0 N–H and O–H groups in total. The van der Waals surface area contributed by atoms with Crippen LogP contribution in [0, 0.1) is 89.9 Å². The summed E-state index contributed by atoms with van der Waals surface area (Å²) in [4.78, 5) is 18.3. The summed E-state index contributed by atoms with van der Waals surface area (Å²) in [5.41, 5.74) is 0. The first kappa shape index (κ1) is 30.2. The summed E-state index contributed by atoms with van der Waals surface area (Å²) in [5, 5.41) is 0. The predicted molar refractivity (Wildman–Crippen MR) is 95.4 cm³/mol. The second-order valence-electron chi connectivity index (χ2n) is 4.60. The standard InChI is InChI=1S/C8H12.2C5H5.C3H4O2.Fe.Rh/c1-2-4-6-8-7-5-3-1;2*1-2-4-5-3-1;4-2-1-3-5;;/h1-2,5,7H,3-4,6,8H2;2*1-5H;2-3H,1H2;;/q;;;;2*+2. The first-order chi connectivity index (χ1) is 11.4. The van der Waals surface area contributed by atoms with Crippen molar-refractivity contribution in [2.24, 2.45) is 0 Å². The Morgan fingerprint density at radius 1 is 0.600 bits per heavy atom. The Morgan fingerprint density at radius 3 is 1.16 bits per heavy atom. The van der Waals surface area contributed by atoms with Crippen LogP contribution in [-0.4, -0.2) is 12.6 Å². The molecule has 0 unspecified atom stereocenters. The second kappa shape index (κ2) is 29.3. The fraction of sp³-hybridized carbons (Fsp3) is 0.238. The average molecular weight is 469 g/mol. The smallest absolute Gasteiger partial charge is 0.303 e. The zero-order valence-corrected chi connectivity index (χ0v) is 17.0. The minimum atomic E-state index is 0. The van der Waals surface area contributed by atoms with Crippen LogP contribution in [0.15, 0.2) is 0 Å². The molecular formula is C21H26FeO2Rh+4. The number of carbonyl (C=O) groups excluding carboxylic acids is 2. The number of carbonyl (C=O) groups is 2. The van der Waals surface area contributed by atoms with Crippen LogP contribution in [0.1, 0.15) is 32.1 Å². The van der Waals surface area contributed by atoms with E-state index in [1.54, 1.807) is 0 Å². The molecule has 2 nitrogen and oxygen atoms in total. The van der Waals surface area contributed by atoms with Gasteiger partial charge in [0, 0.05) is 0 Å². The fourth-order valence-electron chi connectivity index (χ4n) is 1.54. The van der Waals surface area contributed by atoms with E-state index >= 15 is 0 Å². The summed E-state index contributed by atoms with van der Waals surface area (Å²) in [7, 11) is 0. The quantitative estimate of drug-likeness (QED) is 0.346. The van der Waals surface area contributed by atoms with Gasteiger partial charge in [-0.1, -0.05) is 6.42 Å². The maximum atomic E-state index is 9.17. The van der Waals surface area contributed by atoms with Gasteiger partial charge in [0.2, 0.25) is 0 Å². The minimum Gasteiger partial charge on any atom is -0.303 e. The molecule has 0 aliphatic heterocycles. The van der Waals surface area contributed by atoms with Crippen molar-refractivity contribution in [2.45, 2.75) is 32.1 Å². The van der Waals surface area contributed by atoms with E-state index in [9.17, 15) is 9.59 Å². The molecule has 0 bridgehead atoms. The van der Waals surface area contributed by atoms with Crippen LogP contribution in [0.2, 0.25) is 0 Å². The topological polar surface area (TPSA) is 34.1 Å². The molecule has 25 heavy (non-hydrogen) atoms. The normalized spacial score (nSPS) is 18.6. The average Bonchev–Trinajstić information content (AvgIpc) is 3.27. The monoisotopic (exact) mass is 469 g/mol. The van der Waals surface area contributed by atoms with E-state index in [0.29, 0.717) is 12.6 Å². The molecule has 3 aliphatic carbocycles. The van der Waals surface area contributed by atoms with Gasteiger partial charge in [0.25, 0.3) is 0 Å². The Labute approximate surface area is 180 Å². The summed E-state index contributed by atoms with van der Waals surface area (Å²) in [6.45, 7) is 0. The number of aldehydes is 2. The molecule has 135 valence electrons. The van der Waals surface area contributed by atoms with Gasteiger partial charge < -0.3 is 9.59 Å². The Hall–Kier alpha value is 0.483. The predicted octanol–water partition coefficient (Wildman–Crippen LogP) is 4.19. The molecule has 3 rings (SSSR count). The van der Waals surface area contributed by atoms with Crippen LogP contribution in [0.25, 0.3) is 0 Å². The Morgan fingerprint density at radius 2 is 0.920 bits per heavy atom. The van der Waals surface area contributed by atoms with Gasteiger partial charge in [-0.3, -0.25) is 0 Å². The van der Waals surface area contributed by atoms with Crippen molar-refractivity contribution in [3.05, 3.63) is 89.9 Å². The van der Waals surface area contributed by atoms with E-state index in [2.05, 4.69) is 25.7 Å². The third kappa shape index (κ3) is 29.5. The van der Waals surface area contributed by atoms with E-state index in [0.717, 1.165) is 6.42 Å². The molecule has 3 aliphatic rings. The van der Waals surface area contributed by atoms with Gasteiger partial charge in [0.05, 0.1) is 6.42 Å². The Balaban J connectivity index is -0.000000258. The van der Waals surface area contributed by atoms with E-state index < -0.39 is 0 Å². The Kier molecular flexibility index (Phi) is 35.4. The maximum Gasteiger partial charge on any atom is 2.00 e. The zero-order valence-electron chi connectivity index (χ0n) is 14.3. The van der Waals surface area contributed by atoms with E-state index in [4.69, 9.17) is 0 Å². The SMILES string of the molecule is O=CCC=O.[CH]1[CH]CCC[CH][CH]C1.[CH]1[CH][CH][CH][CH]1.[CH]1[CH][CH][CH][CH]1.[Fe+2].[Rh+2]. The van der Waals surface area contributed by atoms with E-state index in [1.165, 1.54) is 19.3 Å².